The lowest BCUT2D eigenvalue weighted by Gasteiger charge is -2.24. The third-order valence-electron chi connectivity index (χ3n) is 1.92. The van der Waals surface area contributed by atoms with Crippen molar-refractivity contribution in [1.29, 1.82) is 0 Å². The summed E-state index contributed by atoms with van der Waals surface area (Å²) in [4.78, 5) is 11.6. The van der Waals surface area contributed by atoms with Gasteiger partial charge in [-0.25, -0.2) is 4.79 Å². The molecule has 0 aliphatic carbocycles. The van der Waals surface area contributed by atoms with Crippen LogP contribution in [0.5, 0.6) is 5.75 Å². The lowest BCUT2D eigenvalue weighted by Crippen LogP contribution is -2.37. The summed E-state index contributed by atoms with van der Waals surface area (Å²) in [6.07, 6.45) is -3.27. The van der Waals surface area contributed by atoms with Gasteiger partial charge in [-0.2, -0.15) is 8.78 Å². The standard InChI is InChI=1S/C8H6BrF2NO3S/c1-14-7(13)5-3-4(6(9)16-5)15-8(10,11)2-12-3/h12H,2H2,1H3. The van der Waals surface area contributed by atoms with Crippen LogP contribution in [0.15, 0.2) is 3.79 Å². The van der Waals surface area contributed by atoms with Gasteiger partial charge >= 0.3 is 12.1 Å². The Hall–Kier alpha value is -0.890. The van der Waals surface area contributed by atoms with Crippen molar-refractivity contribution in [2.45, 2.75) is 6.11 Å². The Morgan fingerprint density at radius 3 is 3.00 bits per heavy atom. The summed E-state index contributed by atoms with van der Waals surface area (Å²) in [5, 5.41) is 2.46. The zero-order valence-electron chi connectivity index (χ0n) is 7.97. The summed E-state index contributed by atoms with van der Waals surface area (Å²) in [7, 11) is 1.22. The van der Waals surface area contributed by atoms with Crippen molar-refractivity contribution in [3.63, 3.8) is 0 Å². The minimum Gasteiger partial charge on any atom is -0.465 e. The van der Waals surface area contributed by atoms with E-state index in [1.54, 1.807) is 0 Å². The normalized spacial score (nSPS) is 17.0. The molecule has 0 radical (unpaired) electrons. The minimum absolute atomic E-state index is 0.0540. The number of rotatable bonds is 1. The SMILES string of the molecule is COC(=O)c1sc(Br)c2c1NCC(F)(F)O2. The monoisotopic (exact) mass is 313 g/mol. The molecular weight excluding hydrogens is 308 g/mol. The van der Waals surface area contributed by atoms with Gasteiger partial charge in [-0.05, 0) is 15.9 Å². The Bertz CT molecular complexity index is 449. The molecule has 1 aliphatic rings. The van der Waals surface area contributed by atoms with E-state index in [9.17, 15) is 13.6 Å². The molecule has 1 N–H and O–H groups in total. The summed E-state index contributed by atoms with van der Waals surface area (Å²) in [5.41, 5.74) is 0.245. The number of halogens is 3. The van der Waals surface area contributed by atoms with Crippen LogP contribution in [0, 0.1) is 0 Å². The van der Waals surface area contributed by atoms with Gasteiger partial charge in [0, 0.05) is 0 Å². The van der Waals surface area contributed by atoms with E-state index in [-0.39, 0.29) is 16.3 Å². The summed E-state index contributed by atoms with van der Waals surface area (Å²) in [6.45, 7) is -0.673. The number of fused-ring (bicyclic) bond motifs is 1. The summed E-state index contributed by atoms with van der Waals surface area (Å²) >= 11 is 4.05. The molecule has 2 heterocycles. The highest BCUT2D eigenvalue weighted by molar-refractivity contribution is 9.11. The maximum Gasteiger partial charge on any atom is 0.415 e. The van der Waals surface area contributed by atoms with E-state index in [4.69, 9.17) is 0 Å². The van der Waals surface area contributed by atoms with Crippen molar-refractivity contribution in [2.24, 2.45) is 0 Å². The molecule has 88 valence electrons. The van der Waals surface area contributed by atoms with E-state index in [1.165, 1.54) is 7.11 Å². The third kappa shape index (κ3) is 1.86. The number of esters is 1. The molecule has 2 rings (SSSR count). The van der Waals surface area contributed by atoms with Gasteiger partial charge in [0.05, 0.1) is 7.11 Å². The summed E-state index contributed by atoms with van der Waals surface area (Å²) < 4.78 is 35.2. The maximum absolute atomic E-state index is 12.9. The summed E-state index contributed by atoms with van der Waals surface area (Å²) in [6, 6.07) is 0. The first kappa shape index (κ1) is 11.6. The van der Waals surface area contributed by atoms with Crippen LogP contribution in [0.4, 0.5) is 14.5 Å². The minimum atomic E-state index is -3.27. The Morgan fingerprint density at radius 1 is 1.69 bits per heavy atom. The molecule has 0 spiro atoms. The van der Waals surface area contributed by atoms with Crippen molar-refractivity contribution >= 4 is 38.9 Å². The third-order valence-corrected chi connectivity index (χ3v) is 3.70. The van der Waals surface area contributed by atoms with Gasteiger partial charge in [-0.3, -0.25) is 0 Å². The van der Waals surface area contributed by atoms with Gasteiger partial charge < -0.3 is 14.8 Å². The molecule has 0 unspecified atom stereocenters. The number of thiophene rings is 1. The molecular formula is C8H6BrF2NO3S. The van der Waals surface area contributed by atoms with E-state index in [0.29, 0.717) is 3.79 Å². The predicted octanol–water partition coefficient (Wildman–Crippen LogP) is 2.69. The van der Waals surface area contributed by atoms with Gasteiger partial charge in [0.2, 0.25) is 0 Å². The van der Waals surface area contributed by atoms with E-state index >= 15 is 0 Å². The predicted molar refractivity (Wildman–Crippen MR) is 57.4 cm³/mol. The largest absolute Gasteiger partial charge is 0.465 e. The van der Waals surface area contributed by atoms with Gasteiger partial charge in [-0.15, -0.1) is 11.3 Å². The fourth-order valence-electron chi connectivity index (χ4n) is 1.25. The van der Waals surface area contributed by atoms with Gasteiger partial charge in [-0.1, -0.05) is 0 Å². The lowest BCUT2D eigenvalue weighted by atomic mass is 10.3. The van der Waals surface area contributed by atoms with Crippen LogP contribution < -0.4 is 10.1 Å². The van der Waals surface area contributed by atoms with E-state index in [2.05, 4.69) is 30.7 Å². The van der Waals surface area contributed by atoms with Crippen LogP contribution in [0.25, 0.3) is 0 Å². The highest BCUT2D eigenvalue weighted by Gasteiger charge is 2.40. The van der Waals surface area contributed by atoms with E-state index in [0.717, 1.165) is 11.3 Å². The Morgan fingerprint density at radius 2 is 2.38 bits per heavy atom. The van der Waals surface area contributed by atoms with Crippen LogP contribution >= 0.6 is 27.3 Å². The second-order valence-electron chi connectivity index (χ2n) is 2.99. The first-order valence-corrected chi connectivity index (χ1v) is 5.77. The number of hydrogen-bond donors (Lipinski definition) is 1. The highest BCUT2D eigenvalue weighted by Crippen LogP contribution is 2.48. The quantitative estimate of drug-likeness (QED) is 0.810. The van der Waals surface area contributed by atoms with Crippen LogP contribution in [0.1, 0.15) is 9.67 Å². The molecule has 0 aromatic carbocycles. The molecule has 0 bridgehead atoms. The van der Waals surface area contributed by atoms with Gasteiger partial charge in [0.25, 0.3) is 0 Å². The van der Waals surface area contributed by atoms with Gasteiger partial charge in [0.1, 0.15) is 20.9 Å². The average Bonchev–Trinajstić information content (AvgIpc) is 2.53. The Kier molecular flexibility index (Phi) is 2.79. The molecule has 0 amide bonds. The molecule has 16 heavy (non-hydrogen) atoms. The fraction of sp³-hybridized carbons (Fsp3) is 0.375. The fourth-order valence-corrected chi connectivity index (χ4v) is 2.87. The van der Waals surface area contributed by atoms with Crippen LogP contribution in [0.3, 0.4) is 0 Å². The van der Waals surface area contributed by atoms with Crippen molar-refractivity contribution < 1.29 is 23.0 Å². The molecule has 1 aromatic rings. The maximum atomic E-state index is 12.9. The molecule has 1 aromatic heterocycles. The van der Waals surface area contributed by atoms with Crippen LogP contribution in [0.2, 0.25) is 0 Å². The number of carbonyl (C=O) groups excluding carboxylic acids is 1. The average molecular weight is 314 g/mol. The zero-order chi connectivity index (χ0) is 11.9. The summed E-state index contributed by atoms with van der Waals surface area (Å²) in [5.74, 6) is -0.644. The smallest absolute Gasteiger partial charge is 0.415 e. The molecule has 0 saturated carbocycles. The molecule has 4 nitrogen and oxygen atoms in total. The molecule has 0 atom stereocenters. The number of nitrogens with one attached hydrogen (secondary N) is 1. The first-order chi connectivity index (χ1) is 7.44. The van der Waals surface area contributed by atoms with E-state index < -0.39 is 18.6 Å². The number of anilines is 1. The molecule has 0 fully saturated rings. The number of methoxy groups -OCH3 is 1. The number of ether oxygens (including phenoxy) is 2. The van der Waals surface area contributed by atoms with Crippen molar-refractivity contribution in [3.05, 3.63) is 8.66 Å². The molecule has 8 heteroatoms. The van der Waals surface area contributed by atoms with Crippen LogP contribution in [-0.4, -0.2) is 25.7 Å². The van der Waals surface area contributed by atoms with Crippen molar-refractivity contribution in [3.8, 4) is 5.75 Å². The number of carbonyl (C=O) groups is 1. The van der Waals surface area contributed by atoms with Crippen molar-refractivity contribution in [1.82, 2.24) is 0 Å². The van der Waals surface area contributed by atoms with Crippen molar-refractivity contribution in [2.75, 3.05) is 19.0 Å². The Labute approximate surface area is 102 Å². The topological polar surface area (TPSA) is 47.6 Å². The lowest BCUT2D eigenvalue weighted by molar-refractivity contribution is -0.167. The van der Waals surface area contributed by atoms with Gasteiger partial charge in [0.15, 0.2) is 5.75 Å². The second kappa shape index (κ2) is 3.85. The second-order valence-corrected chi connectivity index (χ2v) is 5.33. The van der Waals surface area contributed by atoms with Crippen LogP contribution in [-0.2, 0) is 4.74 Å². The number of alkyl halides is 2. The highest BCUT2D eigenvalue weighted by atomic mass is 79.9. The number of hydrogen-bond acceptors (Lipinski definition) is 5. The first-order valence-electron chi connectivity index (χ1n) is 4.16. The molecule has 0 saturated heterocycles. The zero-order valence-corrected chi connectivity index (χ0v) is 10.4. The molecule has 1 aliphatic heterocycles. The van der Waals surface area contributed by atoms with E-state index in [1.807, 2.05) is 0 Å². The Balaban J connectivity index is 2.44.